The molecule has 22 heavy (non-hydrogen) atoms. The first kappa shape index (κ1) is 15.1. The summed E-state index contributed by atoms with van der Waals surface area (Å²) in [6, 6.07) is 7.23. The summed E-state index contributed by atoms with van der Waals surface area (Å²) in [7, 11) is 0. The van der Waals surface area contributed by atoms with Gasteiger partial charge in [-0.2, -0.15) is 0 Å². The number of hydrogen-bond acceptors (Lipinski definition) is 3. The Hall–Kier alpha value is -1.81. The predicted molar refractivity (Wildman–Crippen MR) is 84.3 cm³/mol. The third kappa shape index (κ3) is 3.02. The molecule has 2 aromatic rings. The van der Waals surface area contributed by atoms with Crippen LogP contribution >= 0.6 is 11.6 Å². The van der Waals surface area contributed by atoms with Gasteiger partial charge in [-0.15, -0.1) is 0 Å². The first-order valence-corrected chi connectivity index (χ1v) is 7.92. The van der Waals surface area contributed by atoms with E-state index in [9.17, 15) is 4.79 Å². The molecule has 0 aliphatic heterocycles. The maximum Gasteiger partial charge on any atom is 0.374 e. The van der Waals surface area contributed by atoms with E-state index in [-0.39, 0.29) is 5.76 Å². The van der Waals surface area contributed by atoms with Crippen LogP contribution in [0.25, 0.3) is 11.3 Å². The van der Waals surface area contributed by atoms with Gasteiger partial charge in [0.15, 0.2) is 0 Å². The van der Waals surface area contributed by atoms with Gasteiger partial charge in [0.1, 0.15) is 5.69 Å². The first-order valence-electron chi connectivity index (χ1n) is 7.54. The van der Waals surface area contributed by atoms with Crippen molar-refractivity contribution in [1.82, 2.24) is 5.16 Å². The Morgan fingerprint density at radius 2 is 2.00 bits per heavy atom. The van der Waals surface area contributed by atoms with Crippen LogP contribution in [0.3, 0.4) is 0 Å². The van der Waals surface area contributed by atoms with Gasteiger partial charge in [-0.05, 0) is 36.3 Å². The Bertz CT molecular complexity index is 687. The van der Waals surface area contributed by atoms with Gasteiger partial charge < -0.3 is 9.63 Å². The summed E-state index contributed by atoms with van der Waals surface area (Å²) in [5, 5.41) is 13.4. The molecule has 3 rings (SSSR count). The van der Waals surface area contributed by atoms with Crippen LogP contribution in [0.5, 0.6) is 0 Å². The van der Waals surface area contributed by atoms with Gasteiger partial charge in [0, 0.05) is 16.7 Å². The average molecular weight is 320 g/mol. The summed E-state index contributed by atoms with van der Waals surface area (Å²) < 4.78 is 4.79. The molecular weight excluding hydrogens is 302 g/mol. The molecule has 5 heteroatoms. The summed E-state index contributed by atoms with van der Waals surface area (Å²) in [5.74, 6) is 0.0257. The van der Waals surface area contributed by atoms with E-state index < -0.39 is 5.97 Å². The lowest BCUT2D eigenvalue weighted by Gasteiger charge is -2.27. The molecule has 0 saturated heterocycles. The molecule has 0 atom stereocenters. The number of carboxylic acid groups (broad SMARTS) is 1. The molecule has 1 aliphatic rings. The van der Waals surface area contributed by atoms with Crippen LogP contribution < -0.4 is 0 Å². The third-order valence-electron chi connectivity index (χ3n) is 4.47. The van der Waals surface area contributed by atoms with E-state index >= 15 is 0 Å². The molecule has 0 amide bonds. The molecule has 0 radical (unpaired) electrons. The normalized spacial score (nSPS) is 21.7. The van der Waals surface area contributed by atoms with Crippen molar-refractivity contribution in [2.75, 3.05) is 0 Å². The number of halogens is 1. The molecular formula is C17H18ClNO3. The van der Waals surface area contributed by atoms with E-state index in [4.69, 9.17) is 21.2 Å². The summed E-state index contributed by atoms with van der Waals surface area (Å²) >= 11 is 6.44. The monoisotopic (exact) mass is 319 g/mol. The number of rotatable bonds is 3. The lowest BCUT2D eigenvalue weighted by atomic mass is 9.79. The molecule has 1 aromatic carbocycles. The Labute approximate surface area is 134 Å². The van der Waals surface area contributed by atoms with Crippen molar-refractivity contribution in [2.45, 2.75) is 38.5 Å². The molecule has 1 aromatic heterocycles. The summed E-state index contributed by atoms with van der Waals surface area (Å²) in [6.45, 7) is 2.30. The zero-order chi connectivity index (χ0) is 15.7. The number of aromatic carboxylic acids is 1. The Kier molecular flexibility index (Phi) is 4.21. The number of aromatic nitrogens is 1. The molecule has 1 heterocycles. The minimum absolute atomic E-state index is 0.170. The quantitative estimate of drug-likeness (QED) is 0.865. The smallest absolute Gasteiger partial charge is 0.374 e. The second-order valence-electron chi connectivity index (χ2n) is 6.07. The number of benzene rings is 1. The van der Waals surface area contributed by atoms with Crippen LogP contribution in [0.1, 0.15) is 54.6 Å². The molecule has 1 aliphatic carbocycles. The molecule has 0 unspecified atom stereocenters. The molecule has 116 valence electrons. The van der Waals surface area contributed by atoms with Crippen LogP contribution in [0.15, 0.2) is 28.8 Å². The summed E-state index contributed by atoms with van der Waals surface area (Å²) in [5.41, 5.74) is 2.44. The zero-order valence-electron chi connectivity index (χ0n) is 12.4. The van der Waals surface area contributed by atoms with E-state index in [2.05, 4.69) is 12.1 Å². The van der Waals surface area contributed by atoms with Crippen molar-refractivity contribution >= 4 is 17.6 Å². The van der Waals surface area contributed by atoms with E-state index in [1.807, 2.05) is 18.2 Å². The lowest BCUT2D eigenvalue weighted by Crippen LogP contribution is -2.11. The summed E-state index contributed by atoms with van der Waals surface area (Å²) in [4.78, 5) is 10.8. The number of nitrogens with zero attached hydrogens (tertiary/aromatic N) is 1. The van der Waals surface area contributed by atoms with Gasteiger partial charge >= 0.3 is 5.97 Å². The largest absolute Gasteiger partial charge is 0.475 e. The van der Waals surface area contributed by atoms with Gasteiger partial charge in [0.25, 0.3) is 0 Å². The molecule has 1 fully saturated rings. The average Bonchev–Trinajstić information content (AvgIpc) is 2.98. The standard InChI is InChI=1S/C17H18ClNO3/c1-10-2-4-11(5-3-10)13-7-6-12(8-14(13)18)15-9-16(17(20)21)22-19-15/h6-11H,2-5H2,1H3,(H,20,21). The highest BCUT2D eigenvalue weighted by molar-refractivity contribution is 6.31. The molecule has 1 N–H and O–H groups in total. The molecule has 1 saturated carbocycles. The molecule has 0 spiro atoms. The highest BCUT2D eigenvalue weighted by Gasteiger charge is 2.22. The summed E-state index contributed by atoms with van der Waals surface area (Å²) in [6.07, 6.45) is 4.84. The van der Waals surface area contributed by atoms with Crippen LogP contribution in [0.2, 0.25) is 5.02 Å². The SMILES string of the molecule is CC1CCC(c2ccc(-c3cc(C(=O)O)on3)cc2Cl)CC1. The Morgan fingerprint density at radius 3 is 2.59 bits per heavy atom. The van der Waals surface area contributed by atoms with Crippen molar-refractivity contribution in [3.8, 4) is 11.3 Å². The minimum atomic E-state index is -1.13. The number of hydrogen-bond donors (Lipinski definition) is 1. The fourth-order valence-electron chi connectivity index (χ4n) is 3.10. The van der Waals surface area contributed by atoms with Crippen molar-refractivity contribution in [3.63, 3.8) is 0 Å². The van der Waals surface area contributed by atoms with E-state index in [1.54, 1.807) is 0 Å². The van der Waals surface area contributed by atoms with E-state index in [0.717, 1.165) is 16.5 Å². The Morgan fingerprint density at radius 1 is 1.27 bits per heavy atom. The van der Waals surface area contributed by atoms with Gasteiger partial charge in [-0.1, -0.05) is 48.7 Å². The van der Waals surface area contributed by atoms with Gasteiger partial charge in [0.2, 0.25) is 5.76 Å². The maximum absolute atomic E-state index is 10.8. The van der Waals surface area contributed by atoms with Crippen molar-refractivity contribution in [1.29, 1.82) is 0 Å². The zero-order valence-corrected chi connectivity index (χ0v) is 13.1. The van der Waals surface area contributed by atoms with Gasteiger partial charge in [-0.3, -0.25) is 0 Å². The molecule has 4 nitrogen and oxygen atoms in total. The van der Waals surface area contributed by atoms with Crippen molar-refractivity contribution < 1.29 is 14.4 Å². The van der Waals surface area contributed by atoms with Crippen LogP contribution in [0, 0.1) is 5.92 Å². The third-order valence-corrected chi connectivity index (χ3v) is 4.80. The second kappa shape index (κ2) is 6.13. The second-order valence-corrected chi connectivity index (χ2v) is 6.48. The van der Waals surface area contributed by atoms with Crippen LogP contribution in [0.4, 0.5) is 0 Å². The van der Waals surface area contributed by atoms with Crippen LogP contribution in [-0.2, 0) is 0 Å². The number of carbonyl (C=O) groups is 1. The first-order chi connectivity index (χ1) is 10.5. The van der Waals surface area contributed by atoms with Crippen LogP contribution in [-0.4, -0.2) is 16.2 Å². The molecule has 0 bridgehead atoms. The van der Waals surface area contributed by atoms with E-state index in [0.29, 0.717) is 11.6 Å². The maximum atomic E-state index is 10.8. The minimum Gasteiger partial charge on any atom is -0.475 e. The van der Waals surface area contributed by atoms with Crippen molar-refractivity contribution in [3.05, 3.63) is 40.6 Å². The Balaban J connectivity index is 1.83. The van der Waals surface area contributed by atoms with Gasteiger partial charge in [-0.25, -0.2) is 4.79 Å². The lowest BCUT2D eigenvalue weighted by molar-refractivity contribution is 0.0652. The highest BCUT2D eigenvalue weighted by Crippen LogP contribution is 2.39. The topological polar surface area (TPSA) is 63.3 Å². The van der Waals surface area contributed by atoms with Gasteiger partial charge in [0.05, 0.1) is 0 Å². The fourth-order valence-corrected chi connectivity index (χ4v) is 3.44. The fraction of sp³-hybridized carbons (Fsp3) is 0.412. The van der Waals surface area contributed by atoms with Crippen molar-refractivity contribution in [2.24, 2.45) is 5.92 Å². The highest BCUT2D eigenvalue weighted by atomic mass is 35.5. The van der Waals surface area contributed by atoms with E-state index in [1.165, 1.54) is 37.3 Å². The number of carboxylic acids is 1. The predicted octanol–water partition coefficient (Wildman–Crippen LogP) is 4.99.